The number of aromatic nitrogens is 1. The van der Waals surface area contributed by atoms with Gasteiger partial charge in [-0.25, -0.2) is 0 Å². The maximum atomic E-state index is 5.67. The van der Waals surface area contributed by atoms with Gasteiger partial charge in [0, 0.05) is 0 Å². The van der Waals surface area contributed by atoms with E-state index in [9.17, 15) is 0 Å². The van der Waals surface area contributed by atoms with Crippen LogP contribution in [0.15, 0.2) is 22.8 Å². The fourth-order valence-corrected chi connectivity index (χ4v) is 1.69. The molecule has 0 fully saturated rings. The van der Waals surface area contributed by atoms with Crippen LogP contribution in [0.4, 0.5) is 0 Å². The first-order valence-electron chi connectivity index (χ1n) is 5.37. The van der Waals surface area contributed by atoms with E-state index in [1.54, 1.807) is 0 Å². The minimum atomic E-state index is 0.234. The van der Waals surface area contributed by atoms with Gasteiger partial charge in [0.1, 0.15) is 12.0 Å². The second-order valence-corrected chi connectivity index (χ2v) is 4.26. The van der Waals surface area contributed by atoms with Gasteiger partial charge in [0.05, 0.1) is 11.6 Å². The highest BCUT2D eigenvalue weighted by Crippen LogP contribution is 2.30. The van der Waals surface area contributed by atoms with Crippen molar-refractivity contribution in [3.8, 4) is 11.8 Å². The second kappa shape index (κ2) is 4.80. The first-order chi connectivity index (χ1) is 8.11. The van der Waals surface area contributed by atoms with Crippen LogP contribution in [0, 0.1) is 20.8 Å². The summed E-state index contributed by atoms with van der Waals surface area (Å²) >= 11 is 5.65. The quantitative estimate of drug-likeness (QED) is 0.770. The van der Waals surface area contributed by atoms with Crippen molar-refractivity contribution in [2.75, 3.05) is 0 Å². The monoisotopic (exact) mass is 251 g/mol. The van der Waals surface area contributed by atoms with Gasteiger partial charge in [0.25, 0.3) is 0 Å². The van der Waals surface area contributed by atoms with Crippen LogP contribution in [0.2, 0.25) is 0 Å². The molecule has 0 aliphatic heterocycles. The van der Waals surface area contributed by atoms with Crippen molar-refractivity contribution in [3.05, 3.63) is 40.8 Å². The van der Waals surface area contributed by atoms with Gasteiger partial charge in [-0.15, -0.1) is 11.6 Å². The van der Waals surface area contributed by atoms with Crippen molar-refractivity contribution in [2.45, 2.75) is 26.7 Å². The third kappa shape index (κ3) is 2.44. The molecule has 0 aliphatic carbocycles. The maximum Gasteiger partial charge on any atom is 0.399 e. The third-order valence-electron chi connectivity index (χ3n) is 2.73. The Kier molecular flexibility index (Phi) is 3.38. The van der Waals surface area contributed by atoms with Crippen LogP contribution >= 0.6 is 11.6 Å². The number of benzene rings is 1. The summed E-state index contributed by atoms with van der Waals surface area (Å²) in [5.74, 6) is 1.12. The molecule has 0 N–H and O–H groups in total. The van der Waals surface area contributed by atoms with Gasteiger partial charge in [-0.3, -0.25) is 0 Å². The lowest BCUT2D eigenvalue weighted by molar-refractivity contribution is 0.327. The lowest BCUT2D eigenvalue weighted by Crippen LogP contribution is -1.93. The van der Waals surface area contributed by atoms with Crippen molar-refractivity contribution in [1.82, 2.24) is 4.98 Å². The van der Waals surface area contributed by atoms with Gasteiger partial charge in [-0.2, -0.15) is 4.98 Å². The van der Waals surface area contributed by atoms with E-state index in [2.05, 4.69) is 11.1 Å². The molecule has 0 aliphatic rings. The van der Waals surface area contributed by atoms with Crippen LogP contribution in [-0.2, 0) is 5.88 Å². The molecule has 1 aromatic carbocycles. The highest BCUT2D eigenvalue weighted by molar-refractivity contribution is 6.16. The Labute approximate surface area is 105 Å². The summed E-state index contributed by atoms with van der Waals surface area (Å²) in [6.07, 6.45) is 1.74. The highest BCUT2D eigenvalue weighted by Gasteiger charge is 2.11. The van der Waals surface area contributed by atoms with Gasteiger partial charge in [0.2, 0.25) is 0 Å². The Morgan fingerprint density at radius 2 is 1.94 bits per heavy atom. The van der Waals surface area contributed by atoms with Gasteiger partial charge < -0.3 is 9.15 Å². The van der Waals surface area contributed by atoms with Crippen LogP contribution in [0.5, 0.6) is 11.8 Å². The lowest BCUT2D eigenvalue weighted by atomic mass is 10.1. The van der Waals surface area contributed by atoms with Crippen LogP contribution in [-0.4, -0.2) is 4.98 Å². The molecule has 90 valence electrons. The van der Waals surface area contributed by atoms with E-state index < -0.39 is 0 Å². The number of alkyl halides is 1. The van der Waals surface area contributed by atoms with Crippen molar-refractivity contribution in [3.63, 3.8) is 0 Å². The molecule has 0 saturated heterocycles. The number of oxazole rings is 1. The van der Waals surface area contributed by atoms with Gasteiger partial charge >= 0.3 is 6.08 Å². The Balaban J connectivity index is 2.32. The van der Waals surface area contributed by atoms with Gasteiger partial charge in [0.15, 0.2) is 0 Å². The number of rotatable bonds is 3. The predicted molar refractivity (Wildman–Crippen MR) is 66.8 cm³/mol. The number of hydrogen-bond donors (Lipinski definition) is 0. The summed E-state index contributed by atoms with van der Waals surface area (Å²) in [6.45, 7) is 6.05. The highest BCUT2D eigenvalue weighted by atomic mass is 35.5. The van der Waals surface area contributed by atoms with Crippen molar-refractivity contribution >= 4 is 11.6 Å². The van der Waals surface area contributed by atoms with Crippen molar-refractivity contribution < 1.29 is 9.15 Å². The average Bonchev–Trinajstić information content (AvgIpc) is 2.77. The molecule has 0 atom stereocenters. The first-order valence-corrected chi connectivity index (χ1v) is 5.90. The third-order valence-corrected chi connectivity index (χ3v) is 3.00. The summed E-state index contributed by atoms with van der Waals surface area (Å²) in [6, 6.07) is 4.08. The number of nitrogens with zero attached hydrogens (tertiary/aromatic N) is 1. The molecular weight excluding hydrogens is 238 g/mol. The smallest absolute Gasteiger partial charge is 0.399 e. The SMILES string of the molecule is Cc1ccc(C)c(Oc2nc(CCl)co2)c1C. The molecule has 0 spiro atoms. The van der Waals surface area contributed by atoms with E-state index in [1.165, 1.54) is 11.8 Å². The number of hydrogen-bond acceptors (Lipinski definition) is 3. The molecule has 17 heavy (non-hydrogen) atoms. The maximum absolute atomic E-state index is 5.67. The minimum absolute atomic E-state index is 0.234. The molecule has 3 nitrogen and oxygen atoms in total. The predicted octanol–water partition coefficient (Wildman–Crippen LogP) is 4.13. The fraction of sp³-hybridized carbons (Fsp3) is 0.308. The summed E-state index contributed by atoms with van der Waals surface area (Å²) in [7, 11) is 0. The largest absolute Gasteiger partial charge is 0.417 e. The molecule has 0 radical (unpaired) electrons. The number of ether oxygens (including phenoxy) is 1. The van der Waals surface area contributed by atoms with E-state index in [0.717, 1.165) is 16.9 Å². The zero-order chi connectivity index (χ0) is 12.4. The topological polar surface area (TPSA) is 35.3 Å². The minimum Gasteiger partial charge on any atom is -0.417 e. The molecule has 1 heterocycles. The van der Waals surface area contributed by atoms with E-state index >= 15 is 0 Å². The zero-order valence-electron chi connectivity index (χ0n) is 10.1. The van der Waals surface area contributed by atoms with E-state index in [-0.39, 0.29) is 6.08 Å². The van der Waals surface area contributed by atoms with Crippen LogP contribution < -0.4 is 4.74 Å². The molecule has 0 bridgehead atoms. The zero-order valence-corrected chi connectivity index (χ0v) is 10.8. The molecule has 4 heteroatoms. The Bertz CT molecular complexity index is 534. The molecular formula is C13H14ClNO2. The molecule has 0 amide bonds. The fourth-order valence-electron chi connectivity index (χ4n) is 1.57. The second-order valence-electron chi connectivity index (χ2n) is 3.99. The van der Waals surface area contributed by atoms with Gasteiger partial charge in [-0.1, -0.05) is 12.1 Å². The molecule has 2 rings (SSSR count). The average molecular weight is 252 g/mol. The van der Waals surface area contributed by atoms with Gasteiger partial charge in [-0.05, 0) is 37.5 Å². The summed E-state index contributed by atoms with van der Waals surface area (Å²) in [5, 5.41) is 0. The number of halogens is 1. The van der Waals surface area contributed by atoms with Crippen molar-refractivity contribution in [2.24, 2.45) is 0 Å². The Morgan fingerprint density at radius 1 is 1.24 bits per heavy atom. The molecule has 2 aromatic rings. The number of aryl methyl sites for hydroxylation is 2. The molecule has 0 saturated carbocycles. The summed E-state index contributed by atoms with van der Waals surface area (Å²) < 4.78 is 10.9. The van der Waals surface area contributed by atoms with Crippen LogP contribution in [0.25, 0.3) is 0 Å². The summed E-state index contributed by atoms with van der Waals surface area (Å²) in [5.41, 5.74) is 3.99. The van der Waals surface area contributed by atoms with Crippen molar-refractivity contribution in [1.29, 1.82) is 0 Å². The lowest BCUT2D eigenvalue weighted by Gasteiger charge is -2.10. The van der Waals surface area contributed by atoms with E-state index in [0.29, 0.717) is 11.6 Å². The normalized spacial score (nSPS) is 10.6. The molecule has 1 aromatic heterocycles. The Hall–Kier alpha value is -1.48. The molecule has 0 unspecified atom stereocenters. The Morgan fingerprint density at radius 3 is 2.59 bits per heavy atom. The van der Waals surface area contributed by atoms with E-state index in [4.69, 9.17) is 20.8 Å². The van der Waals surface area contributed by atoms with Crippen LogP contribution in [0.1, 0.15) is 22.4 Å². The first kappa shape index (κ1) is 12.0. The standard InChI is InChI=1S/C13H14ClNO2/c1-8-4-5-9(2)12(10(8)3)17-13-15-11(6-14)7-16-13/h4-5,7H,6H2,1-3H3. The van der Waals surface area contributed by atoms with Crippen LogP contribution in [0.3, 0.4) is 0 Å². The van der Waals surface area contributed by atoms with E-state index in [1.807, 2.05) is 26.8 Å². The summed E-state index contributed by atoms with van der Waals surface area (Å²) in [4.78, 5) is 4.12.